The van der Waals surface area contributed by atoms with Gasteiger partial charge in [0.1, 0.15) is 0 Å². The number of carbonyl (C=O) groups is 1. The fraction of sp³-hybridized carbons (Fsp3) is 0.682. The summed E-state index contributed by atoms with van der Waals surface area (Å²) in [4.78, 5) is 17.5. The van der Waals surface area contributed by atoms with Crippen molar-refractivity contribution in [1.82, 2.24) is 9.80 Å². The quantitative estimate of drug-likeness (QED) is 0.876. The lowest BCUT2D eigenvalue weighted by atomic mass is 9.98. The van der Waals surface area contributed by atoms with Gasteiger partial charge in [0.05, 0.1) is 5.60 Å². The van der Waals surface area contributed by atoms with Crippen LogP contribution in [0.1, 0.15) is 68.3 Å². The van der Waals surface area contributed by atoms with E-state index in [2.05, 4.69) is 4.90 Å². The van der Waals surface area contributed by atoms with Crippen LogP contribution < -0.4 is 0 Å². The second-order valence-corrected chi connectivity index (χ2v) is 8.63. The molecule has 0 radical (unpaired) electrons. The van der Waals surface area contributed by atoms with Gasteiger partial charge in [-0.15, -0.1) is 0 Å². The predicted molar refractivity (Wildman–Crippen MR) is 105 cm³/mol. The first kappa shape index (κ1) is 19.4. The van der Waals surface area contributed by atoms with Crippen molar-refractivity contribution < 1.29 is 9.90 Å². The van der Waals surface area contributed by atoms with E-state index in [-0.39, 0.29) is 5.91 Å². The normalized spacial score (nSPS) is 20.3. The first-order chi connectivity index (χ1) is 12.4. The summed E-state index contributed by atoms with van der Waals surface area (Å²) in [7, 11) is 0. The molecule has 1 aromatic carbocycles. The number of aryl methyl sites for hydroxylation is 1. The number of nitrogens with zero attached hydrogens (tertiary/aromatic N) is 2. The molecule has 0 atom stereocenters. The van der Waals surface area contributed by atoms with E-state index in [0.717, 1.165) is 57.0 Å². The minimum absolute atomic E-state index is 0.160. The molecule has 1 aliphatic heterocycles. The molecule has 26 heavy (non-hydrogen) atoms. The molecule has 1 aliphatic carbocycles. The number of rotatable bonds is 5. The molecular weight excluding hydrogens is 324 g/mol. The van der Waals surface area contributed by atoms with Gasteiger partial charge in [0.2, 0.25) is 0 Å². The Balaban J connectivity index is 1.55. The van der Waals surface area contributed by atoms with E-state index in [9.17, 15) is 9.90 Å². The van der Waals surface area contributed by atoms with E-state index in [1.165, 1.54) is 31.2 Å². The minimum Gasteiger partial charge on any atom is -0.390 e. The fourth-order valence-electron chi connectivity index (χ4n) is 4.22. The van der Waals surface area contributed by atoms with Gasteiger partial charge >= 0.3 is 0 Å². The maximum absolute atomic E-state index is 12.9. The molecule has 0 spiro atoms. The van der Waals surface area contributed by atoms with Crippen LogP contribution in [0.4, 0.5) is 0 Å². The Morgan fingerprint density at radius 3 is 2.38 bits per heavy atom. The van der Waals surface area contributed by atoms with E-state index in [4.69, 9.17) is 0 Å². The molecule has 1 heterocycles. The summed E-state index contributed by atoms with van der Waals surface area (Å²) < 4.78 is 0. The van der Waals surface area contributed by atoms with Crippen molar-refractivity contribution in [2.75, 3.05) is 26.2 Å². The zero-order valence-corrected chi connectivity index (χ0v) is 16.4. The SMILES string of the molecule is CC(C)(O)CCc1ccc(C(=O)N2CCCN(C3CCCC3)CC2)cc1. The molecule has 0 unspecified atom stereocenters. The molecule has 1 saturated carbocycles. The van der Waals surface area contributed by atoms with Gasteiger partial charge in [-0.3, -0.25) is 9.69 Å². The fourth-order valence-corrected chi connectivity index (χ4v) is 4.22. The second kappa shape index (κ2) is 8.53. The summed E-state index contributed by atoms with van der Waals surface area (Å²) in [5, 5.41) is 9.85. The van der Waals surface area contributed by atoms with Gasteiger partial charge in [0, 0.05) is 37.8 Å². The zero-order valence-electron chi connectivity index (χ0n) is 16.4. The predicted octanol–water partition coefficient (Wildman–Crippen LogP) is 3.48. The smallest absolute Gasteiger partial charge is 0.253 e. The lowest BCUT2D eigenvalue weighted by Crippen LogP contribution is -2.38. The molecule has 144 valence electrons. The molecule has 2 fully saturated rings. The largest absolute Gasteiger partial charge is 0.390 e. The van der Waals surface area contributed by atoms with Crippen LogP contribution in [0.5, 0.6) is 0 Å². The van der Waals surface area contributed by atoms with Crippen molar-refractivity contribution in [3.63, 3.8) is 0 Å². The highest BCUT2D eigenvalue weighted by molar-refractivity contribution is 5.94. The molecule has 1 aromatic rings. The molecule has 1 saturated heterocycles. The van der Waals surface area contributed by atoms with Crippen molar-refractivity contribution in [3.8, 4) is 0 Å². The standard InChI is InChI=1S/C22H34N2O2/c1-22(2,26)13-12-18-8-10-19(11-9-18)21(25)24-15-5-14-23(16-17-24)20-6-3-4-7-20/h8-11,20,26H,3-7,12-17H2,1-2H3. The number of aliphatic hydroxyl groups is 1. The first-order valence-corrected chi connectivity index (χ1v) is 10.3. The summed E-state index contributed by atoms with van der Waals surface area (Å²) in [6.07, 6.45) is 8.03. The molecule has 1 N–H and O–H groups in total. The van der Waals surface area contributed by atoms with Crippen molar-refractivity contribution in [3.05, 3.63) is 35.4 Å². The monoisotopic (exact) mass is 358 g/mol. The summed E-state index contributed by atoms with van der Waals surface area (Å²) in [6, 6.07) is 8.70. The van der Waals surface area contributed by atoms with Gasteiger partial charge in [-0.05, 0) is 63.6 Å². The highest BCUT2D eigenvalue weighted by Gasteiger charge is 2.26. The third-order valence-corrected chi connectivity index (χ3v) is 5.89. The topological polar surface area (TPSA) is 43.8 Å². The Bertz CT molecular complexity index is 585. The van der Waals surface area contributed by atoms with Crippen molar-refractivity contribution in [2.24, 2.45) is 0 Å². The number of hydrogen-bond donors (Lipinski definition) is 1. The van der Waals surface area contributed by atoms with E-state index >= 15 is 0 Å². The Labute approximate surface area is 158 Å². The van der Waals surface area contributed by atoms with Crippen molar-refractivity contribution in [2.45, 2.75) is 70.4 Å². The molecular formula is C22H34N2O2. The van der Waals surface area contributed by atoms with E-state index < -0.39 is 5.60 Å². The maximum atomic E-state index is 12.9. The highest BCUT2D eigenvalue weighted by Crippen LogP contribution is 2.24. The third kappa shape index (κ3) is 5.31. The molecule has 2 aliphatic rings. The average molecular weight is 359 g/mol. The second-order valence-electron chi connectivity index (χ2n) is 8.63. The van der Waals surface area contributed by atoms with Gasteiger partial charge in [0.25, 0.3) is 5.91 Å². The number of hydrogen-bond acceptors (Lipinski definition) is 3. The minimum atomic E-state index is -0.647. The number of benzene rings is 1. The summed E-state index contributed by atoms with van der Waals surface area (Å²) in [5.41, 5.74) is 1.31. The Kier molecular flexibility index (Phi) is 6.36. The van der Waals surface area contributed by atoms with E-state index in [1.807, 2.05) is 43.0 Å². The lowest BCUT2D eigenvalue weighted by molar-refractivity contribution is 0.0712. The van der Waals surface area contributed by atoms with Crippen LogP contribution in [0, 0.1) is 0 Å². The van der Waals surface area contributed by atoms with Crippen LogP contribution in [0.25, 0.3) is 0 Å². The van der Waals surface area contributed by atoms with E-state index in [1.54, 1.807) is 0 Å². The van der Waals surface area contributed by atoms with Crippen LogP contribution in [-0.4, -0.2) is 58.6 Å². The summed E-state index contributed by atoms with van der Waals surface area (Å²) in [5.74, 6) is 0.160. The molecule has 4 nitrogen and oxygen atoms in total. The zero-order chi connectivity index (χ0) is 18.6. The average Bonchev–Trinajstić information content (AvgIpc) is 3.04. The van der Waals surface area contributed by atoms with Crippen LogP contribution in [0.3, 0.4) is 0 Å². The van der Waals surface area contributed by atoms with Gasteiger partial charge in [0.15, 0.2) is 0 Å². The molecule has 4 heteroatoms. The molecule has 0 aromatic heterocycles. The lowest BCUT2D eigenvalue weighted by Gasteiger charge is -2.27. The van der Waals surface area contributed by atoms with Gasteiger partial charge in [-0.2, -0.15) is 0 Å². The third-order valence-electron chi connectivity index (χ3n) is 5.89. The van der Waals surface area contributed by atoms with Crippen molar-refractivity contribution >= 4 is 5.91 Å². The first-order valence-electron chi connectivity index (χ1n) is 10.3. The van der Waals surface area contributed by atoms with Crippen LogP contribution in [0.2, 0.25) is 0 Å². The van der Waals surface area contributed by atoms with Gasteiger partial charge in [-0.1, -0.05) is 25.0 Å². The Morgan fingerprint density at radius 1 is 1.04 bits per heavy atom. The summed E-state index contributed by atoms with van der Waals surface area (Å²) >= 11 is 0. The highest BCUT2D eigenvalue weighted by atomic mass is 16.3. The van der Waals surface area contributed by atoms with Crippen LogP contribution in [-0.2, 0) is 6.42 Å². The van der Waals surface area contributed by atoms with Crippen molar-refractivity contribution in [1.29, 1.82) is 0 Å². The Morgan fingerprint density at radius 2 is 1.73 bits per heavy atom. The van der Waals surface area contributed by atoms with Crippen LogP contribution >= 0.6 is 0 Å². The maximum Gasteiger partial charge on any atom is 0.253 e. The number of carbonyl (C=O) groups excluding carboxylic acids is 1. The number of amides is 1. The molecule has 3 rings (SSSR count). The van der Waals surface area contributed by atoms with Crippen LogP contribution in [0.15, 0.2) is 24.3 Å². The molecule has 1 amide bonds. The van der Waals surface area contributed by atoms with Gasteiger partial charge in [-0.25, -0.2) is 0 Å². The molecule has 0 bridgehead atoms. The summed E-state index contributed by atoms with van der Waals surface area (Å²) in [6.45, 7) is 7.51. The Hall–Kier alpha value is -1.39. The van der Waals surface area contributed by atoms with Gasteiger partial charge < -0.3 is 10.0 Å². The van der Waals surface area contributed by atoms with E-state index in [0.29, 0.717) is 0 Å².